The highest BCUT2D eigenvalue weighted by molar-refractivity contribution is 5.85. The molecule has 1 unspecified atom stereocenters. The summed E-state index contributed by atoms with van der Waals surface area (Å²) in [5.74, 6) is 1.05. The van der Waals surface area contributed by atoms with E-state index in [1.807, 2.05) is 0 Å². The first kappa shape index (κ1) is 18.7. The fourth-order valence-electron chi connectivity index (χ4n) is 3.65. The maximum Gasteiger partial charge on any atom is 0.234 e. The van der Waals surface area contributed by atoms with Crippen molar-refractivity contribution >= 4 is 18.3 Å². The van der Waals surface area contributed by atoms with E-state index in [-0.39, 0.29) is 18.3 Å². The molecular weight excluding hydrogens is 286 g/mol. The van der Waals surface area contributed by atoms with Crippen molar-refractivity contribution in [2.75, 3.05) is 19.6 Å². The molecule has 3 N–H and O–H groups in total. The second kappa shape index (κ2) is 9.65. The van der Waals surface area contributed by atoms with E-state index >= 15 is 0 Å². The zero-order valence-electron chi connectivity index (χ0n) is 13.4. The van der Waals surface area contributed by atoms with Gasteiger partial charge in [0.1, 0.15) is 0 Å². The van der Waals surface area contributed by atoms with Gasteiger partial charge in [0.15, 0.2) is 0 Å². The summed E-state index contributed by atoms with van der Waals surface area (Å²) in [4.78, 5) is 14.6. The summed E-state index contributed by atoms with van der Waals surface area (Å²) in [6.07, 6.45) is 9.53. The second-order valence-corrected chi connectivity index (χ2v) is 6.72. The van der Waals surface area contributed by atoms with Crippen LogP contribution in [0.25, 0.3) is 0 Å². The third kappa shape index (κ3) is 6.13. The molecule has 1 aliphatic heterocycles. The van der Waals surface area contributed by atoms with Crippen LogP contribution in [0.2, 0.25) is 0 Å². The zero-order valence-corrected chi connectivity index (χ0v) is 14.2. The number of nitrogens with one attached hydrogen (secondary N) is 1. The average Bonchev–Trinajstić information content (AvgIpc) is 2.44. The number of carbonyl (C=O) groups excluding carboxylic acids is 1. The third-order valence-corrected chi connectivity index (χ3v) is 4.98. The Morgan fingerprint density at radius 3 is 2.57 bits per heavy atom. The first-order chi connectivity index (χ1) is 9.69. The van der Waals surface area contributed by atoms with Crippen LogP contribution in [0, 0.1) is 5.92 Å². The minimum atomic E-state index is 0. The molecule has 2 rings (SSSR count). The maximum absolute atomic E-state index is 12.2. The third-order valence-electron chi connectivity index (χ3n) is 4.98. The lowest BCUT2D eigenvalue weighted by molar-refractivity contribution is -0.124. The summed E-state index contributed by atoms with van der Waals surface area (Å²) in [7, 11) is 0. The van der Waals surface area contributed by atoms with Gasteiger partial charge < -0.3 is 11.1 Å². The van der Waals surface area contributed by atoms with Gasteiger partial charge in [-0.05, 0) is 64.0 Å². The molecule has 1 aliphatic carbocycles. The Morgan fingerprint density at radius 2 is 1.90 bits per heavy atom. The number of hydrogen-bond donors (Lipinski definition) is 2. The molecule has 2 fully saturated rings. The van der Waals surface area contributed by atoms with Crippen LogP contribution in [0.5, 0.6) is 0 Å². The lowest BCUT2D eigenvalue weighted by Gasteiger charge is -2.35. The molecule has 1 atom stereocenters. The van der Waals surface area contributed by atoms with E-state index in [4.69, 9.17) is 5.73 Å². The Hall–Kier alpha value is -0.320. The molecule has 1 amide bonds. The summed E-state index contributed by atoms with van der Waals surface area (Å²) >= 11 is 0. The van der Waals surface area contributed by atoms with Gasteiger partial charge in [-0.3, -0.25) is 9.69 Å². The van der Waals surface area contributed by atoms with E-state index < -0.39 is 0 Å². The molecule has 0 aromatic carbocycles. The molecule has 21 heavy (non-hydrogen) atoms. The van der Waals surface area contributed by atoms with Crippen LogP contribution in [-0.4, -0.2) is 42.5 Å². The van der Waals surface area contributed by atoms with Gasteiger partial charge in [-0.1, -0.05) is 13.3 Å². The van der Waals surface area contributed by atoms with Gasteiger partial charge in [-0.15, -0.1) is 12.4 Å². The average molecular weight is 318 g/mol. The highest BCUT2D eigenvalue weighted by atomic mass is 35.5. The van der Waals surface area contributed by atoms with Crippen LogP contribution < -0.4 is 11.1 Å². The Bertz CT molecular complexity index is 304. The topological polar surface area (TPSA) is 58.4 Å². The van der Waals surface area contributed by atoms with Crippen LogP contribution >= 0.6 is 12.4 Å². The van der Waals surface area contributed by atoms with Gasteiger partial charge in [0.05, 0.1) is 6.54 Å². The minimum Gasteiger partial charge on any atom is -0.352 e. The zero-order chi connectivity index (χ0) is 14.4. The van der Waals surface area contributed by atoms with E-state index in [9.17, 15) is 4.79 Å². The fourth-order valence-corrected chi connectivity index (χ4v) is 3.65. The molecule has 0 aromatic rings. The highest BCUT2D eigenvalue weighted by Gasteiger charge is 2.25. The number of likely N-dealkylation sites (tertiary alicyclic amines) is 1. The maximum atomic E-state index is 12.2. The predicted octanol–water partition coefficient (Wildman–Crippen LogP) is 2.31. The summed E-state index contributed by atoms with van der Waals surface area (Å²) in [6.45, 7) is 4.66. The minimum absolute atomic E-state index is 0. The van der Waals surface area contributed by atoms with Crippen molar-refractivity contribution in [2.45, 2.75) is 70.4 Å². The predicted molar refractivity (Wildman–Crippen MR) is 89.7 cm³/mol. The fraction of sp³-hybridized carbons (Fsp3) is 0.938. The van der Waals surface area contributed by atoms with Crippen LogP contribution in [0.15, 0.2) is 0 Å². The molecule has 1 saturated heterocycles. The van der Waals surface area contributed by atoms with E-state index in [2.05, 4.69) is 17.1 Å². The van der Waals surface area contributed by atoms with Gasteiger partial charge in [-0.25, -0.2) is 0 Å². The van der Waals surface area contributed by atoms with E-state index in [1.165, 1.54) is 32.1 Å². The number of piperidine rings is 1. The molecule has 0 radical (unpaired) electrons. The molecule has 124 valence electrons. The van der Waals surface area contributed by atoms with Crippen LogP contribution in [0.3, 0.4) is 0 Å². The molecule has 1 saturated carbocycles. The van der Waals surface area contributed by atoms with Crippen molar-refractivity contribution in [3.8, 4) is 0 Å². The van der Waals surface area contributed by atoms with Crippen molar-refractivity contribution in [2.24, 2.45) is 11.7 Å². The number of rotatable bonds is 5. The molecule has 0 bridgehead atoms. The highest BCUT2D eigenvalue weighted by Crippen LogP contribution is 2.23. The lowest BCUT2D eigenvalue weighted by Crippen LogP contribution is -2.48. The SMILES string of the molecule is CC1CCC(NC(=O)CN2CCCCC2CCN)CC1.Cl. The Labute approximate surface area is 135 Å². The number of hydrogen-bond acceptors (Lipinski definition) is 3. The largest absolute Gasteiger partial charge is 0.352 e. The molecule has 5 heteroatoms. The van der Waals surface area contributed by atoms with Crippen LogP contribution in [0.1, 0.15) is 58.3 Å². The Balaban J connectivity index is 0.00000220. The van der Waals surface area contributed by atoms with Crippen molar-refractivity contribution in [1.29, 1.82) is 0 Å². The van der Waals surface area contributed by atoms with Crippen LogP contribution in [-0.2, 0) is 4.79 Å². The molecule has 1 heterocycles. The quantitative estimate of drug-likeness (QED) is 0.818. The molecule has 4 nitrogen and oxygen atoms in total. The number of amides is 1. The number of nitrogens with zero attached hydrogens (tertiary/aromatic N) is 1. The van der Waals surface area contributed by atoms with Crippen LogP contribution in [0.4, 0.5) is 0 Å². The smallest absolute Gasteiger partial charge is 0.234 e. The Kier molecular flexibility index (Phi) is 8.60. The number of nitrogens with two attached hydrogens (primary N) is 1. The van der Waals surface area contributed by atoms with Gasteiger partial charge >= 0.3 is 0 Å². The normalized spacial score (nSPS) is 30.5. The van der Waals surface area contributed by atoms with Gasteiger partial charge in [0, 0.05) is 12.1 Å². The Morgan fingerprint density at radius 1 is 1.19 bits per heavy atom. The molecule has 0 spiro atoms. The van der Waals surface area contributed by atoms with E-state index in [0.29, 0.717) is 18.6 Å². The van der Waals surface area contributed by atoms with Gasteiger partial charge in [0.2, 0.25) is 5.91 Å². The molecule has 2 aliphatic rings. The summed E-state index contributed by atoms with van der Waals surface area (Å²) in [5, 5.41) is 3.24. The number of halogens is 1. The monoisotopic (exact) mass is 317 g/mol. The van der Waals surface area contributed by atoms with Crippen molar-refractivity contribution in [3.05, 3.63) is 0 Å². The van der Waals surface area contributed by atoms with Gasteiger partial charge in [0.25, 0.3) is 0 Å². The molecule has 0 aromatic heterocycles. The first-order valence-electron chi connectivity index (χ1n) is 8.42. The van der Waals surface area contributed by atoms with E-state index in [1.54, 1.807) is 0 Å². The second-order valence-electron chi connectivity index (χ2n) is 6.72. The van der Waals surface area contributed by atoms with Gasteiger partial charge in [-0.2, -0.15) is 0 Å². The number of carbonyl (C=O) groups is 1. The first-order valence-corrected chi connectivity index (χ1v) is 8.42. The van der Waals surface area contributed by atoms with Crippen molar-refractivity contribution in [3.63, 3.8) is 0 Å². The van der Waals surface area contributed by atoms with E-state index in [0.717, 1.165) is 38.3 Å². The summed E-state index contributed by atoms with van der Waals surface area (Å²) < 4.78 is 0. The lowest BCUT2D eigenvalue weighted by atomic mass is 9.87. The van der Waals surface area contributed by atoms with Crippen molar-refractivity contribution < 1.29 is 4.79 Å². The van der Waals surface area contributed by atoms with Crippen molar-refractivity contribution in [1.82, 2.24) is 10.2 Å². The summed E-state index contributed by atoms with van der Waals surface area (Å²) in [6, 6.07) is 0.933. The molecular formula is C16H32ClN3O. The standard InChI is InChI=1S/C16H31N3O.ClH/c1-13-5-7-14(8-6-13)18-16(20)12-19-11-3-2-4-15(19)9-10-17;/h13-15H,2-12,17H2,1H3,(H,18,20);1H. The summed E-state index contributed by atoms with van der Waals surface area (Å²) in [5.41, 5.74) is 5.69.